The quantitative estimate of drug-likeness (QED) is 0.925. The maximum atomic E-state index is 13.3. The standard InChI is InChI=1S/C9H8FN3O2S2/c1-6-11-9(16-12-6)13-17(14,15)8-5-3-2-4-7(8)10/h2-5H,1H3,(H,11,12,13). The van der Waals surface area contributed by atoms with Crippen molar-refractivity contribution in [2.24, 2.45) is 0 Å². The van der Waals surface area contributed by atoms with E-state index in [-0.39, 0.29) is 5.13 Å². The van der Waals surface area contributed by atoms with E-state index in [4.69, 9.17) is 0 Å². The molecule has 1 heterocycles. The molecule has 5 nitrogen and oxygen atoms in total. The van der Waals surface area contributed by atoms with Crippen molar-refractivity contribution in [3.8, 4) is 0 Å². The van der Waals surface area contributed by atoms with Gasteiger partial charge in [-0.15, -0.1) is 0 Å². The summed E-state index contributed by atoms with van der Waals surface area (Å²) in [5.41, 5.74) is 0. The molecule has 0 fully saturated rings. The van der Waals surface area contributed by atoms with Crippen LogP contribution in [0.3, 0.4) is 0 Å². The molecule has 0 radical (unpaired) electrons. The molecule has 0 aliphatic heterocycles. The molecule has 90 valence electrons. The Kier molecular flexibility index (Phi) is 3.07. The van der Waals surface area contributed by atoms with Crippen LogP contribution in [-0.4, -0.2) is 17.8 Å². The van der Waals surface area contributed by atoms with Crippen molar-refractivity contribution in [3.63, 3.8) is 0 Å². The number of rotatable bonds is 3. The zero-order valence-electron chi connectivity index (χ0n) is 8.71. The molecule has 8 heteroatoms. The van der Waals surface area contributed by atoms with Crippen LogP contribution < -0.4 is 4.72 Å². The van der Waals surface area contributed by atoms with Crippen LogP contribution >= 0.6 is 11.5 Å². The van der Waals surface area contributed by atoms with Crippen LogP contribution in [0.5, 0.6) is 0 Å². The van der Waals surface area contributed by atoms with Crippen LogP contribution in [0, 0.1) is 12.7 Å². The molecule has 0 amide bonds. The van der Waals surface area contributed by atoms with Gasteiger partial charge in [-0.25, -0.2) is 17.8 Å². The van der Waals surface area contributed by atoms with E-state index in [2.05, 4.69) is 14.1 Å². The van der Waals surface area contributed by atoms with E-state index in [9.17, 15) is 12.8 Å². The number of hydrogen-bond acceptors (Lipinski definition) is 5. The molecule has 0 unspecified atom stereocenters. The van der Waals surface area contributed by atoms with Crippen molar-refractivity contribution in [1.82, 2.24) is 9.36 Å². The smallest absolute Gasteiger partial charge is 0.253 e. The number of aryl methyl sites for hydroxylation is 1. The fourth-order valence-electron chi connectivity index (χ4n) is 1.17. The molecule has 1 aromatic heterocycles. The lowest BCUT2D eigenvalue weighted by Gasteiger charge is -2.04. The number of anilines is 1. The average Bonchev–Trinajstić information content (AvgIpc) is 2.63. The molecule has 0 saturated heterocycles. The SMILES string of the molecule is Cc1nsc(NS(=O)(=O)c2ccccc2F)n1. The Morgan fingerprint density at radius 3 is 2.65 bits per heavy atom. The van der Waals surface area contributed by atoms with Crippen LogP contribution in [0.1, 0.15) is 5.82 Å². The highest BCUT2D eigenvalue weighted by atomic mass is 32.2. The monoisotopic (exact) mass is 273 g/mol. The first kappa shape index (κ1) is 11.9. The predicted octanol–water partition coefficient (Wildman–Crippen LogP) is 1.79. The summed E-state index contributed by atoms with van der Waals surface area (Å²) >= 11 is 0.903. The summed E-state index contributed by atoms with van der Waals surface area (Å²) in [5.74, 6) is -0.345. The van der Waals surface area contributed by atoms with Gasteiger partial charge in [-0.3, -0.25) is 4.72 Å². The molecule has 1 aromatic carbocycles. The highest BCUT2D eigenvalue weighted by molar-refractivity contribution is 7.93. The van der Waals surface area contributed by atoms with E-state index >= 15 is 0 Å². The third-order valence-corrected chi connectivity index (χ3v) is 4.10. The number of halogens is 1. The van der Waals surface area contributed by atoms with Gasteiger partial charge in [0, 0.05) is 11.5 Å². The molecular formula is C9H8FN3O2S2. The van der Waals surface area contributed by atoms with Crippen LogP contribution in [0.25, 0.3) is 0 Å². The number of sulfonamides is 1. The molecular weight excluding hydrogens is 265 g/mol. The predicted molar refractivity (Wildman–Crippen MR) is 61.9 cm³/mol. The van der Waals surface area contributed by atoms with E-state index < -0.39 is 20.7 Å². The minimum atomic E-state index is -3.95. The summed E-state index contributed by atoms with van der Waals surface area (Å²) in [6.07, 6.45) is 0. The molecule has 0 bridgehead atoms. The number of nitrogens with one attached hydrogen (secondary N) is 1. The molecule has 2 rings (SSSR count). The van der Waals surface area contributed by atoms with Crippen molar-refractivity contribution in [1.29, 1.82) is 0 Å². The number of hydrogen-bond donors (Lipinski definition) is 1. The summed E-state index contributed by atoms with van der Waals surface area (Å²) in [7, 11) is -3.95. The van der Waals surface area contributed by atoms with Gasteiger partial charge >= 0.3 is 0 Å². The zero-order chi connectivity index (χ0) is 12.5. The largest absolute Gasteiger partial charge is 0.266 e. The minimum absolute atomic E-state index is 0.116. The Bertz CT molecular complexity index is 639. The second-order valence-corrected chi connectivity index (χ2v) is 5.59. The Hall–Kier alpha value is -1.54. The Labute approximate surface area is 102 Å². The molecule has 0 atom stereocenters. The fraction of sp³-hybridized carbons (Fsp3) is 0.111. The van der Waals surface area contributed by atoms with Gasteiger partial charge in [-0.2, -0.15) is 4.37 Å². The van der Waals surface area contributed by atoms with Gasteiger partial charge in [0.15, 0.2) is 0 Å². The lowest BCUT2D eigenvalue weighted by Crippen LogP contribution is -2.14. The first-order valence-electron chi connectivity index (χ1n) is 4.57. The molecule has 0 aliphatic rings. The van der Waals surface area contributed by atoms with Crippen molar-refractivity contribution in [2.75, 3.05) is 4.72 Å². The molecule has 0 aliphatic carbocycles. The normalized spacial score (nSPS) is 11.4. The minimum Gasteiger partial charge on any atom is -0.253 e. The summed E-state index contributed by atoms with van der Waals surface area (Å²) < 4.78 is 43.0. The van der Waals surface area contributed by atoms with Gasteiger partial charge in [-0.1, -0.05) is 12.1 Å². The molecule has 0 spiro atoms. The maximum absolute atomic E-state index is 13.3. The Morgan fingerprint density at radius 2 is 2.06 bits per heavy atom. The third kappa shape index (κ3) is 2.59. The number of nitrogens with zero attached hydrogens (tertiary/aromatic N) is 2. The van der Waals surface area contributed by atoms with Gasteiger partial charge in [0.1, 0.15) is 16.5 Å². The lowest BCUT2D eigenvalue weighted by molar-refractivity contribution is 0.570. The van der Waals surface area contributed by atoms with Crippen molar-refractivity contribution < 1.29 is 12.8 Å². The second kappa shape index (κ2) is 4.38. The molecule has 0 saturated carbocycles. The van der Waals surface area contributed by atoms with Gasteiger partial charge in [-0.05, 0) is 19.1 Å². The number of benzene rings is 1. The Balaban J connectivity index is 2.35. The number of aromatic nitrogens is 2. The maximum Gasteiger partial charge on any atom is 0.266 e. The van der Waals surface area contributed by atoms with E-state index in [1.165, 1.54) is 18.2 Å². The molecule has 2 aromatic rings. The van der Waals surface area contributed by atoms with Crippen molar-refractivity contribution in [3.05, 3.63) is 35.9 Å². The summed E-state index contributed by atoms with van der Waals surface area (Å²) in [5, 5.41) is 0.116. The van der Waals surface area contributed by atoms with Gasteiger partial charge < -0.3 is 0 Å². The second-order valence-electron chi connectivity index (χ2n) is 3.18. The fourth-order valence-corrected chi connectivity index (χ4v) is 3.05. The van der Waals surface area contributed by atoms with E-state index in [1.54, 1.807) is 6.92 Å². The van der Waals surface area contributed by atoms with Gasteiger partial charge in [0.25, 0.3) is 10.0 Å². The summed E-state index contributed by atoms with van der Waals surface area (Å²) in [4.78, 5) is 3.44. The van der Waals surface area contributed by atoms with E-state index in [0.29, 0.717) is 5.82 Å². The average molecular weight is 273 g/mol. The Morgan fingerprint density at radius 1 is 1.35 bits per heavy atom. The van der Waals surface area contributed by atoms with Crippen molar-refractivity contribution in [2.45, 2.75) is 11.8 Å². The molecule has 1 N–H and O–H groups in total. The highest BCUT2D eigenvalue weighted by Crippen LogP contribution is 2.19. The van der Waals surface area contributed by atoms with Gasteiger partial charge in [0.2, 0.25) is 5.13 Å². The lowest BCUT2D eigenvalue weighted by atomic mass is 10.4. The third-order valence-electron chi connectivity index (χ3n) is 1.88. The van der Waals surface area contributed by atoms with Crippen LogP contribution in [-0.2, 0) is 10.0 Å². The van der Waals surface area contributed by atoms with Crippen molar-refractivity contribution >= 4 is 26.7 Å². The highest BCUT2D eigenvalue weighted by Gasteiger charge is 2.19. The van der Waals surface area contributed by atoms with Crippen LogP contribution in [0.15, 0.2) is 29.2 Å². The molecule has 17 heavy (non-hydrogen) atoms. The van der Waals surface area contributed by atoms with Gasteiger partial charge in [0.05, 0.1) is 0 Å². The first-order valence-corrected chi connectivity index (χ1v) is 6.82. The topological polar surface area (TPSA) is 72.0 Å². The van der Waals surface area contributed by atoms with E-state index in [0.717, 1.165) is 17.6 Å². The van der Waals surface area contributed by atoms with E-state index in [1.807, 2.05) is 0 Å². The van der Waals surface area contributed by atoms with Crippen LogP contribution in [0.2, 0.25) is 0 Å². The summed E-state index contributed by atoms with van der Waals surface area (Å²) in [6.45, 7) is 1.64. The summed E-state index contributed by atoms with van der Waals surface area (Å²) in [6, 6.07) is 5.14. The van der Waals surface area contributed by atoms with Crippen LogP contribution in [0.4, 0.5) is 9.52 Å². The first-order chi connectivity index (χ1) is 7.99. The zero-order valence-corrected chi connectivity index (χ0v) is 10.3.